The molecule has 2 heterocycles. The van der Waals surface area contributed by atoms with Crippen molar-refractivity contribution in [2.75, 3.05) is 18.4 Å². The predicted molar refractivity (Wildman–Crippen MR) is 110 cm³/mol. The topological polar surface area (TPSA) is 78.1 Å². The highest BCUT2D eigenvalue weighted by molar-refractivity contribution is 5.90. The van der Waals surface area contributed by atoms with Crippen LogP contribution in [0.4, 0.5) is 5.69 Å². The van der Waals surface area contributed by atoms with Crippen molar-refractivity contribution in [3.05, 3.63) is 47.8 Å². The molecule has 28 heavy (non-hydrogen) atoms. The van der Waals surface area contributed by atoms with Gasteiger partial charge >= 0.3 is 0 Å². The molecule has 0 aliphatic carbocycles. The Labute approximate surface area is 166 Å². The van der Waals surface area contributed by atoms with Gasteiger partial charge in [0.15, 0.2) is 0 Å². The highest BCUT2D eigenvalue weighted by Crippen LogP contribution is 2.23. The summed E-state index contributed by atoms with van der Waals surface area (Å²) in [7, 11) is 0. The predicted octanol–water partition coefficient (Wildman–Crippen LogP) is 3.70. The fourth-order valence-electron chi connectivity index (χ4n) is 3.77. The summed E-state index contributed by atoms with van der Waals surface area (Å²) in [6.07, 6.45) is 9.44. The van der Waals surface area contributed by atoms with E-state index >= 15 is 0 Å². The first-order valence-electron chi connectivity index (χ1n) is 10.2. The van der Waals surface area contributed by atoms with E-state index in [1.54, 1.807) is 0 Å². The molecule has 6 nitrogen and oxygen atoms in total. The molecule has 2 amide bonds. The number of hydrogen-bond donors (Lipinski definition) is 2. The first kappa shape index (κ1) is 20.1. The summed E-state index contributed by atoms with van der Waals surface area (Å²) >= 11 is 0. The lowest BCUT2D eigenvalue weighted by Crippen LogP contribution is -2.38. The molecule has 2 N–H and O–H groups in total. The van der Waals surface area contributed by atoms with Crippen LogP contribution in [0.5, 0.6) is 0 Å². The molecule has 2 aromatic rings. The zero-order valence-electron chi connectivity index (χ0n) is 16.6. The van der Waals surface area contributed by atoms with E-state index in [4.69, 9.17) is 0 Å². The van der Waals surface area contributed by atoms with Crippen LogP contribution >= 0.6 is 0 Å². The van der Waals surface area contributed by atoms with E-state index in [2.05, 4.69) is 15.5 Å². The van der Waals surface area contributed by atoms with Crippen LogP contribution in [0, 0.1) is 12.8 Å². The minimum Gasteiger partial charge on any atom is -0.343 e. The molecule has 1 aromatic heterocycles. The number of carbonyl (C=O) groups excluding carboxylic acids is 2. The summed E-state index contributed by atoms with van der Waals surface area (Å²) in [5.41, 5.74) is 3.15. The Kier molecular flexibility index (Phi) is 7.23. The fourth-order valence-corrected chi connectivity index (χ4v) is 3.77. The second-order valence-electron chi connectivity index (χ2n) is 7.74. The summed E-state index contributed by atoms with van der Waals surface area (Å²) in [6.45, 7) is 3.64. The summed E-state index contributed by atoms with van der Waals surface area (Å²) in [6, 6.07) is 7.87. The highest BCUT2D eigenvalue weighted by atomic mass is 16.2. The van der Waals surface area contributed by atoms with Gasteiger partial charge in [0, 0.05) is 37.8 Å². The third-order valence-corrected chi connectivity index (χ3v) is 5.46. The number of aromatic amines is 1. The first-order chi connectivity index (χ1) is 13.6. The number of carbonyl (C=O) groups is 2. The van der Waals surface area contributed by atoms with E-state index in [0.717, 1.165) is 62.0 Å². The quantitative estimate of drug-likeness (QED) is 0.731. The van der Waals surface area contributed by atoms with Crippen molar-refractivity contribution >= 4 is 17.5 Å². The Hall–Kier alpha value is -2.63. The summed E-state index contributed by atoms with van der Waals surface area (Å²) in [4.78, 5) is 26.5. The SMILES string of the molecule is Cc1cccc(NC(=O)CCC2CCN(C(=O)CCCc3cn[nH]c3)CC2)c1. The number of likely N-dealkylation sites (tertiary alicyclic amines) is 1. The van der Waals surface area contributed by atoms with Gasteiger partial charge in [-0.05, 0) is 68.2 Å². The average Bonchev–Trinajstić information content (AvgIpc) is 3.20. The Balaban J connectivity index is 1.31. The third-order valence-electron chi connectivity index (χ3n) is 5.46. The number of rotatable bonds is 8. The van der Waals surface area contributed by atoms with Crippen LogP contribution in [0.3, 0.4) is 0 Å². The van der Waals surface area contributed by atoms with Crippen molar-refractivity contribution in [2.24, 2.45) is 5.92 Å². The van der Waals surface area contributed by atoms with Crippen LogP contribution in [0.2, 0.25) is 0 Å². The lowest BCUT2D eigenvalue weighted by atomic mass is 9.91. The van der Waals surface area contributed by atoms with Gasteiger partial charge in [0.25, 0.3) is 0 Å². The molecule has 0 radical (unpaired) electrons. The number of piperidine rings is 1. The van der Waals surface area contributed by atoms with Gasteiger partial charge in [0.1, 0.15) is 0 Å². The molecular formula is C22H30N4O2. The van der Waals surface area contributed by atoms with Crippen molar-refractivity contribution in [3.8, 4) is 0 Å². The van der Waals surface area contributed by atoms with Crippen molar-refractivity contribution in [1.82, 2.24) is 15.1 Å². The maximum Gasteiger partial charge on any atom is 0.224 e. The molecule has 1 aromatic carbocycles. The van der Waals surface area contributed by atoms with Crippen molar-refractivity contribution < 1.29 is 9.59 Å². The second kappa shape index (κ2) is 10.1. The molecule has 6 heteroatoms. The highest BCUT2D eigenvalue weighted by Gasteiger charge is 2.23. The largest absolute Gasteiger partial charge is 0.343 e. The molecule has 0 atom stereocenters. The fraction of sp³-hybridized carbons (Fsp3) is 0.500. The minimum atomic E-state index is 0.0725. The molecule has 1 aliphatic heterocycles. The zero-order valence-corrected chi connectivity index (χ0v) is 16.6. The molecule has 3 rings (SSSR count). The van der Waals surface area contributed by atoms with E-state index in [1.165, 1.54) is 0 Å². The van der Waals surface area contributed by atoms with E-state index in [0.29, 0.717) is 18.8 Å². The Morgan fingerprint density at radius 2 is 2.07 bits per heavy atom. The lowest BCUT2D eigenvalue weighted by Gasteiger charge is -2.32. The van der Waals surface area contributed by atoms with Crippen LogP contribution in [-0.4, -0.2) is 40.0 Å². The molecular weight excluding hydrogens is 352 g/mol. The van der Waals surface area contributed by atoms with Crippen molar-refractivity contribution in [1.29, 1.82) is 0 Å². The van der Waals surface area contributed by atoms with Gasteiger partial charge in [0.05, 0.1) is 6.20 Å². The van der Waals surface area contributed by atoms with Crippen LogP contribution in [0.15, 0.2) is 36.7 Å². The number of amides is 2. The molecule has 0 saturated carbocycles. The van der Waals surface area contributed by atoms with Crippen LogP contribution in [-0.2, 0) is 16.0 Å². The molecule has 1 fully saturated rings. The van der Waals surface area contributed by atoms with Crippen LogP contribution < -0.4 is 5.32 Å². The number of aryl methyl sites for hydroxylation is 2. The average molecular weight is 383 g/mol. The monoisotopic (exact) mass is 382 g/mol. The Morgan fingerprint density at radius 1 is 1.25 bits per heavy atom. The van der Waals surface area contributed by atoms with Gasteiger partial charge in [0.2, 0.25) is 11.8 Å². The number of aromatic nitrogens is 2. The molecule has 0 unspecified atom stereocenters. The number of nitrogens with zero attached hydrogens (tertiary/aromatic N) is 2. The smallest absolute Gasteiger partial charge is 0.224 e. The Bertz CT molecular complexity index is 765. The maximum atomic E-state index is 12.4. The molecule has 1 saturated heterocycles. The number of H-pyrrole nitrogens is 1. The van der Waals surface area contributed by atoms with Gasteiger partial charge in [-0.2, -0.15) is 5.10 Å². The summed E-state index contributed by atoms with van der Waals surface area (Å²) < 4.78 is 0. The summed E-state index contributed by atoms with van der Waals surface area (Å²) in [5, 5.41) is 9.70. The van der Waals surface area contributed by atoms with Crippen molar-refractivity contribution in [2.45, 2.75) is 51.9 Å². The van der Waals surface area contributed by atoms with E-state index in [-0.39, 0.29) is 11.8 Å². The van der Waals surface area contributed by atoms with E-state index in [9.17, 15) is 9.59 Å². The van der Waals surface area contributed by atoms with Gasteiger partial charge in [-0.15, -0.1) is 0 Å². The number of benzene rings is 1. The molecule has 150 valence electrons. The van der Waals surface area contributed by atoms with Crippen LogP contribution in [0.1, 0.15) is 49.7 Å². The van der Waals surface area contributed by atoms with Gasteiger partial charge in [-0.25, -0.2) is 0 Å². The minimum absolute atomic E-state index is 0.0725. The molecule has 1 aliphatic rings. The summed E-state index contributed by atoms with van der Waals surface area (Å²) in [5.74, 6) is 0.848. The zero-order chi connectivity index (χ0) is 19.8. The number of anilines is 1. The van der Waals surface area contributed by atoms with E-state index in [1.807, 2.05) is 48.5 Å². The Morgan fingerprint density at radius 3 is 2.79 bits per heavy atom. The van der Waals surface area contributed by atoms with E-state index < -0.39 is 0 Å². The number of nitrogens with one attached hydrogen (secondary N) is 2. The first-order valence-corrected chi connectivity index (χ1v) is 10.2. The van der Waals surface area contributed by atoms with Gasteiger partial charge in [-0.1, -0.05) is 12.1 Å². The van der Waals surface area contributed by atoms with Crippen molar-refractivity contribution in [3.63, 3.8) is 0 Å². The van der Waals surface area contributed by atoms with Crippen LogP contribution in [0.25, 0.3) is 0 Å². The van der Waals surface area contributed by atoms with Gasteiger partial charge < -0.3 is 10.2 Å². The number of hydrogen-bond acceptors (Lipinski definition) is 3. The molecule has 0 bridgehead atoms. The normalized spacial score (nSPS) is 14.8. The third kappa shape index (κ3) is 6.22. The maximum absolute atomic E-state index is 12.4. The second-order valence-corrected chi connectivity index (χ2v) is 7.74. The standard InChI is InChI=1S/C22H30N4O2/c1-17-4-2-6-20(14-17)25-21(27)9-8-18-10-12-26(13-11-18)22(28)7-3-5-19-15-23-24-16-19/h2,4,6,14-16,18H,3,5,7-13H2,1H3,(H,23,24)(H,25,27). The lowest BCUT2D eigenvalue weighted by molar-refractivity contribution is -0.132. The molecule has 0 spiro atoms. The van der Waals surface area contributed by atoms with Gasteiger partial charge in [-0.3, -0.25) is 14.7 Å².